The van der Waals surface area contributed by atoms with Crippen LogP contribution in [0.3, 0.4) is 0 Å². The summed E-state index contributed by atoms with van der Waals surface area (Å²) in [5.74, 6) is -2.24. The summed E-state index contributed by atoms with van der Waals surface area (Å²) in [5, 5.41) is 9.81. The molecule has 1 unspecified atom stereocenters. The van der Waals surface area contributed by atoms with Gasteiger partial charge < -0.3 is 5.11 Å². The molecule has 0 saturated carbocycles. The predicted molar refractivity (Wildman–Crippen MR) is 76.9 cm³/mol. The number of carboxylic acids is 1. The molecule has 0 aliphatic carbocycles. The van der Waals surface area contributed by atoms with Crippen LogP contribution in [0.5, 0.6) is 0 Å². The van der Waals surface area contributed by atoms with E-state index < -0.39 is 17.7 Å². The Kier molecular flexibility index (Phi) is 4.63. The number of carbonyl (C=O) groups is 1. The van der Waals surface area contributed by atoms with Gasteiger partial charge in [-0.1, -0.05) is 41.4 Å². The molecule has 0 radical (unpaired) electrons. The predicted octanol–water partition coefficient (Wildman–Crippen LogP) is 4.54. The highest BCUT2D eigenvalue weighted by Gasteiger charge is 2.21. The summed E-state index contributed by atoms with van der Waals surface area (Å²) in [7, 11) is 0. The highest BCUT2D eigenvalue weighted by Crippen LogP contribution is 2.26. The third-order valence-corrected chi connectivity index (χ3v) is 3.50. The Morgan fingerprint density at radius 3 is 2.55 bits per heavy atom. The molecule has 1 atom stereocenters. The Morgan fingerprint density at radius 1 is 1.20 bits per heavy atom. The first kappa shape index (κ1) is 14.8. The summed E-state index contributed by atoms with van der Waals surface area (Å²) >= 11 is 11.6. The standard InChI is InChI=1S/C15H11Cl2FO2/c16-11-3-1-2-10(8-11)12(15(19)20)6-9-4-5-14(18)13(17)7-9/h1-5,7-8,12H,6H2,(H,19,20). The molecule has 0 amide bonds. The van der Waals surface area contributed by atoms with Crippen LogP contribution in [0.2, 0.25) is 10.0 Å². The Balaban J connectivity index is 2.30. The molecule has 0 saturated heterocycles. The molecule has 0 aliphatic rings. The van der Waals surface area contributed by atoms with E-state index in [-0.39, 0.29) is 11.4 Å². The summed E-state index contributed by atoms with van der Waals surface area (Å²) in [6.07, 6.45) is 0.218. The Labute approximate surface area is 125 Å². The molecule has 0 aliphatic heterocycles. The van der Waals surface area contributed by atoms with Gasteiger partial charge in [-0.15, -0.1) is 0 Å². The SMILES string of the molecule is O=C(O)C(Cc1ccc(F)c(Cl)c1)c1cccc(Cl)c1. The van der Waals surface area contributed by atoms with Crippen LogP contribution >= 0.6 is 23.2 Å². The molecule has 0 heterocycles. The molecule has 0 fully saturated rings. The molecule has 0 spiro atoms. The van der Waals surface area contributed by atoms with E-state index in [0.717, 1.165) is 0 Å². The van der Waals surface area contributed by atoms with Crippen molar-refractivity contribution in [3.8, 4) is 0 Å². The number of hydrogen-bond acceptors (Lipinski definition) is 1. The normalized spacial score (nSPS) is 12.2. The maximum absolute atomic E-state index is 13.1. The van der Waals surface area contributed by atoms with Crippen molar-refractivity contribution in [2.45, 2.75) is 12.3 Å². The van der Waals surface area contributed by atoms with Crippen molar-refractivity contribution in [2.24, 2.45) is 0 Å². The fraction of sp³-hybridized carbons (Fsp3) is 0.133. The summed E-state index contributed by atoms with van der Waals surface area (Å²) < 4.78 is 13.1. The van der Waals surface area contributed by atoms with Crippen molar-refractivity contribution < 1.29 is 14.3 Å². The van der Waals surface area contributed by atoms with E-state index in [1.807, 2.05) is 0 Å². The van der Waals surface area contributed by atoms with E-state index in [1.165, 1.54) is 18.2 Å². The average Bonchev–Trinajstić information content (AvgIpc) is 2.39. The van der Waals surface area contributed by atoms with Gasteiger partial charge >= 0.3 is 5.97 Å². The number of aliphatic carboxylic acids is 1. The van der Waals surface area contributed by atoms with E-state index in [9.17, 15) is 14.3 Å². The first-order valence-electron chi connectivity index (χ1n) is 5.89. The number of benzene rings is 2. The topological polar surface area (TPSA) is 37.3 Å². The molecule has 0 aromatic heterocycles. The number of hydrogen-bond donors (Lipinski definition) is 1. The highest BCUT2D eigenvalue weighted by atomic mass is 35.5. The molecular formula is C15H11Cl2FO2. The quantitative estimate of drug-likeness (QED) is 0.899. The zero-order valence-electron chi connectivity index (χ0n) is 10.3. The third kappa shape index (κ3) is 3.50. The van der Waals surface area contributed by atoms with Crippen LogP contribution in [0.15, 0.2) is 42.5 Å². The van der Waals surface area contributed by atoms with Gasteiger partial charge in [-0.05, 0) is 41.8 Å². The van der Waals surface area contributed by atoms with E-state index in [2.05, 4.69) is 0 Å². The molecule has 20 heavy (non-hydrogen) atoms. The molecule has 0 bridgehead atoms. The van der Waals surface area contributed by atoms with Gasteiger partial charge in [0.25, 0.3) is 0 Å². The van der Waals surface area contributed by atoms with Crippen molar-refractivity contribution in [3.05, 3.63) is 69.5 Å². The van der Waals surface area contributed by atoms with E-state index >= 15 is 0 Å². The fourth-order valence-electron chi connectivity index (χ4n) is 1.97. The maximum atomic E-state index is 13.1. The van der Waals surface area contributed by atoms with Gasteiger partial charge in [0, 0.05) is 5.02 Å². The molecule has 2 aromatic rings. The van der Waals surface area contributed by atoms with Crippen LogP contribution in [0.4, 0.5) is 4.39 Å². The van der Waals surface area contributed by atoms with Crippen LogP contribution in [-0.4, -0.2) is 11.1 Å². The fourth-order valence-corrected chi connectivity index (χ4v) is 2.38. The minimum absolute atomic E-state index is 0.0160. The molecular weight excluding hydrogens is 302 g/mol. The summed E-state index contributed by atoms with van der Waals surface area (Å²) in [6.45, 7) is 0. The third-order valence-electron chi connectivity index (χ3n) is 2.97. The zero-order valence-corrected chi connectivity index (χ0v) is 11.8. The van der Waals surface area contributed by atoms with Crippen LogP contribution in [0, 0.1) is 5.82 Å². The maximum Gasteiger partial charge on any atom is 0.311 e. The van der Waals surface area contributed by atoms with Crippen molar-refractivity contribution in [2.75, 3.05) is 0 Å². The van der Waals surface area contributed by atoms with Crippen LogP contribution in [0.25, 0.3) is 0 Å². The van der Waals surface area contributed by atoms with Gasteiger partial charge in [0.1, 0.15) is 5.82 Å². The molecule has 2 aromatic carbocycles. The average molecular weight is 313 g/mol. The van der Waals surface area contributed by atoms with Gasteiger partial charge in [-0.3, -0.25) is 4.79 Å². The minimum atomic E-state index is -0.965. The van der Waals surface area contributed by atoms with Gasteiger partial charge in [0.2, 0.25) is 0 Å². The first-order chi connectivity index (χ1) is 9.47. The smallest absolute Gasteiger partial charge is 0.311 e. The second-order valence-electron chi connectivity index (χ2n) is 4.40. The van der Waals surface area contributed by atoms with Crippen molar-refractivity contribution in [1.82, 2.24) is 0 Å². The zero-order chi connectivity index (χ0) is 14.7. The molecule has 1 N–H and O–H groups in total. The lowest BCUT2D eigenvalue weighted by Gasteiger charge is -2.13. The monoisotopic (exact) mass is 312 g/mol. The lowest BCUT2D eigenvalue weighted by atomic mass is 9.92. The van der Waals surface area contributed by atoms with Gasteiger partial charge in [-0.2, -0.15) is 0 Å². The lowest BCUT2D eigenvalue weighted by Crippen LogP contribution is -2.14. The van der Waals surface area contributed by atoms with Gasteiger partial charge in [0.05, 0.1) is 10.9 Å². The summed E-state index contributed by atoms with van der Waals surface area (Å²) in [6, 6.07) is 10.9. The van der Waals surface area contributed by atoms with Crippen molar-refractivity contribution in [3.63, 3.8) is 0 Å². The highest BCUT2D eigenvalue weighted by molar-refractivity contribution is 6.31. The van der Waals surface area contributed by atoms with Gasteiger partial charge in [-0.25, -0.2) is 4.39 Å². The molecule has 2 rings (SSSR count). The number of rotatable bonds is 4. The van der Waals surface area contributed by atoms with E-state index in [4.69, 9.17) is 23.2 Å². The molecule has 5 heteroatoms. The van der Waals surface area contributed by atoms with Crippen LogP contribution < -0.4 is 0 Å². The lowest BCUT2D eigenvalue weighted by molar-refractivity contribution is -0.138. The molecule has 104 valence electrons. The minimum Gasteiger partial charge on any atom is -0.481 e. The van der Waals surface area contributed by atoms with E-state index in [0.29, 0.717) is 16.1 Å². The largest absolute Gasteiger partial charge is 0.481 e. The van der Waals surface area contributed by atoms with E-state index in [1.54, 1.807) is 24.3 Å². The molecule has 2 nitrogen and oxygen atoms in total. The number of halogens is 3. The van der Waals surface area contributed by atoms with Gasteiger partial charge in [0.15, 0.2) is 0 Å². The summed E-state index contributed by atoms with van der Waals surface area (Å²) in [4.78, 5) is 11.4. The summed E-state index contributed by atoms with van der Waals surface area (Å²) in [5.41, 5.74) is 1.26. The number of carboxylic acid groups (broad SMARTS) is 1. The van der Waals surface area contributed by atoms with Crippen molar-refractivity contribution >= 4 is 29.2 Å². The second-order valence-corrected chi connectivity index (χ2v) is 5.24. The Morgan fingerprint density at radius 2 is 1.95 bits per heavy atom. The van der Waals surface area contributed by atoms with Crippen LogP contribution in [0.1, 0.15) is 17.0 Å². The Hall–Kier alpha value is -1.58. The Bertz CT molecular complexity index is 644. The second kappa shape index (κ2) is 6.25. The van der Waals surface area contributed by atoms with Crippen molar-refractivity contribution in [1.29, 1.82) is 0 Å². The first-order valence-corrected chi connectivity index (χ1v) is 6.65. The van der Waals surface area contributed by atoms with Crippen LogP contribution in [-0.2, 0) is 11.2 Å².